The van der Waals surface area contributed by atoms with Crippen LogP contribution in [0.15, 0.2) is 97.1 Å². The van der Waals surface area contributed by atoms with E-state index in [-0.39, 0.29) is 17.5 Å². The van der Waals surface area contributed by atoms with Gasteiger partial charge in [-0.25, -0.2) is 0 Å². The van der Waals surface area contributed by atoms with E-state index in [2.05, 4.69) is 18.3 Å². The van der Waals surface area contributed by atoms with Crippen LogP contribution in [0.2, 0.25) is 5.02 Å². The molecule has 0 saturated carbocycles. The molecule has 4 aromatic rings. The number of hydrogen-bond donors (Lipinski definition) is 1. The van der Waals surface area contributed by atoms with E-state index in [1.54, 1.807) is 24.3 Å². The topological polar surface area (TPSA) is 66.5 Å². The molecular weight excluding hydrogens is 556 g/mol. The Kier molecular flexibility index (Phi) is 6.59. The molecule has 1 fully saturated rings. The van der Waals surface area contributed by atoms with Crippen LogP contribution in [0.4, 0.5) is 11.4 Å². The third kappa shape index (κ3) is 4.09. The summed E-state index contributed by atoms with van der Waals surface area (Å²) in [6, 6.07) is 26.5. The molecular formula is C37H31ClN2O3. The van der Waals surface area contributed by atoms with Crippen molar-refractivity contribution >= 4 is 46.5 Å². The summed E-state index contributed by atoms with van der Waals surface area (Å²) in [4.78, 5) is 46.2. The Morgan fingerprint density at radius 3 is 2.35 bits per heavy atom. The van der Waals surface area contributed by atoms with Gasteiger partial charge in [0.05, 0.1) is 12.0 Å². The second-order valence-electron chi connectivity index (χ2n) is 11.7. The summed E-state index contributed by atoms with van der Waals surface area (Å²) in [5.74, 6) is -1.72. The van der Waals surface area contributed by atoms with Crippen LogP contribution >= 0.6 is 11.6 Å². The maximum atomic E-state index is 14.9. The van der Waals surface area contributed by atoms with E-state index >= 15 is 0 Å². The molecule has 3 aliphatic heterocycles. The summed E-state index contributed by atoms with van der Waals surface area (Å²) < 4.78 is 0. The number of hydrogen-bond acceptors (Lipinski definition) is 4. The van der Waals surface area contributed by atoms with Gasteiger partial charge in [-0.3, -0.25) is 14.4 Å². The Bertz CT molecular complexity index is 1810. The van der Waals surface area contributed by atoms with Gasteiger partial charge < -0.3 is 10.2 Å². The summed E-state index contributed by atoms with van der Waals surface area (Å²) >= 11 is 6.20. The number of benzene rings is 4. The first-order valence-electron chi connectivity index (χ1n) is 14.8. The normalized spacial score (nSPS) is 23.1. The first kappa shape index (κ1) is 27.4. The molecule has 4 atom stereocenters. The first-order chi connectivity index (χ1) is 20.8. The molecule has 6 heteroatoms. The molecule has 4 aromatic carbocycles. The lowest BCUT2D eigenvalue weighted by Gasteiger charge is -2.37. The number of anilines is 2. The van der Waals surface area contributed by atoms with Gasteiger partial charge in [-0.15, -0.1) is 0 Å². The van der Waals surface area contributed by atoms with Crippen molar-refractivity contribution in [3.8, 4) is 0 Å². The fourth-order valence-corrected chi connectivity index (χ4v) is 7.51. The molecule has 43 heavy (non-hydrogen) atoms. The minimum absolute atomic E-state index is 0.223. The Balaban J connectivity index is 1.50. The SMILES string of the molecule is CCCc1ccc(C(=O)[C@H]2[C@@H](C(=O)c3ccc(Cl)cc3)N3c4ccc(C)cc4C=C[C@@H]3[C@]23C(=O)Nc2ccccc23)cc1. The molecule has 214 valence electrons. The van der Waals surface area contributed by atoms with E-state index in [9.17, 15) is 14.4 Å². The number of Topliss-reactive ketones (excluding diaryl/α,β-unsaturated/α-hetero) is 2. The van der Waals surface area contributed by atoms with E-state index in [0.29, 0.717) is 21.8 Å². The van der Waals surface area contributed by atoms with Gasteiger partial charge in [0.15, 0.2) is 11.6 Å². The Labute approximate surface area is 256 Å². The van der Waals surface area contributed by atoms with Crippen LogP contribution in [0.1, 0.15) is 56.3 Å². The third-order valence-corrected chi connectivity index (χ3v) is 9.50. The summed E-state index contributed by atoms with van der Waals surface area (Å²) in [6.45, 7) is 4.14. The van der Waals surface area contributed by atoms with Gasteiger partial charge in [0, 0.05) is 27.5 Å². The highest BCUT2D eigenvalue weighted by molar-refractivity contribution is 6.30. The molecule has 1 amide bonds. The van der Waals surface area contributed by atoms with E-state index in [4.69, 9.17) is 11.6 Å². The smallest absolute Gasteiger partial charge is 0.238 e. The van der Waals surface area contributed by atoms with E-state index in [0.717, 1.165) is 40.8 Å². The van der Waals surface area contributed by atoms with Crippen molar-refractivity contribution in [3.05, 3.63) is 135 Å². The second-order valence-corrected chi connectivity index (χ2v) is 12.2. The average Bonchev–Trinajstić information content (AvgIpc) is 3.49. The monoisotopic (exact) mass is 586 g/mol. The van der Waals surface area contributed by atoms with Crippen molar-refractivity contribution in [1.82, 2.24) is 0 Å². The highest BCUT2D eigenvalue weighted by Crippen LogP contribution is 2.58. The van der Waals surface area contributed by atoms with Crippen LogP contribution in [-0.2, 0) is 16.6 Å². The average molecular weight is 587 g/mol. The third-order valence-electron chi connectivity index (χ3n) is 9.25. The maximum absolute atomic E-state index is 14.9. The van der Waals surface area contributed by atoms with E-state index in [1.165, 1.54) is 0 Å². The number of fused-ring (bicyclic) bond motifs is 6. The fraction of sp³-hybridized carbons (Fsp3) is 0.216. The van der Waals surface area contributed by atoms with Gasteiger partial charge in [-0.2, -0.15) is 0 Å². The molecule has 1 N–H and O–H groups in total. The molecule has 3 aliphatic rings. The number of halogens is 1. The highest BCUT2D eigenvalue weighted by Gasteiger charge is 2.70. The van der Waals surface area contributed by atoms with Crippen LogP contribution in [0.5, 0.6) is 0 Å². The Hall–Kier alpha value is -4.48. The number of amides is 1. The zero-order valence-corrected chi connectivity index (χ0v) is 24.8. The lowest BCUT2D eigenvalue weighted by atomic mass is 9.64. The fourth-order valence-electron chi connectivity index (χ4n) is 7.39. The van der Waals surface area contributed by atoms with Crippen molar-refractivity contribution in [2.75, 3.05) is 10.2 Å². The van der Waals surface area contributed by atoms with Crippen LogP contribution in [-0.4, -0.2) is 29.6 Å². The molecule has 7 rings (SSSR count). The second kappa shape index (κ2) is 10.4. The molecule has 1 spiro atoms. The molecule has 0 unspecified atom stereocenters. The van der Waals surface area contributed by atoms with Crippen molar-refractivity contribution in [3.63, 3.8) is 0 Å². The van der Waals surface area contributed by atoms with Crippen molar-refractivity contribution in [2.24, 2.45) is 5.92 Å². The van der Waals surface area contributed by atoms with Crippen molar-refractivity contribution in [1.29, 1.82) is 0 Å². The number of carbonyl (C=O) groups is 3. The molecule has 3 heterocycles. The molecule has 1 saturated heterocycles. The number of aryl methyl sites for hydroxylation is 2. The first-order valence-corrected chi connectivity index (χ1v) is 15.1. The highest BCUT2D eigenvalue weighted by atomic mass is 35.5. The van der Waals surface area contributed by atoms with E-state index in [1.807, 2.05) is 84.6 Å². The number of nitrogens with zero attached hydrogens (tertiary/aromatic N) is 1. The minimum Gasteiger partial charge on any atom is -0.352 e. The summed E-state index contributed by atoms with van der Waals surface area (Å²) in [7, 11) is 0. The van der Waals surface area contributed by atoms with Crippen LogP contribution < -0.4 is 10.2 Å². The minimum atomic E-state index is -1.33. The summed E-state index contributed by atoms with van der Waals surface area (Å²) in [6.07, 6.45) is 5.93. The van der Waals surface area contributed by atoms with Crippen molar-refractivity contribution < 1.29 is 14.4 Å². The van der Waals surface area contributed by atoms with Crippen LogP contribution in [0.25, 0.3) is 6.08 Å². The van der Waals surface area contributed by atoms with Gasteiger partial charge in [0.1, 0.15) is 11.5 Å². The largest absolute Gasteiger partial charge is 0.352 e. The van der Waals surface area contributed by atoms with Gasteiger partial charge in [0.2, 0.25) is 5.91 Å². The lowest BCUT2D eigenvalue weighted by Crippen LogP contribution is -2.51. The number of rotatable bonds is 6. The maximum Gasteiger partial charge on any atom is 0.238 e. The Morgan fingerprint density at radius 1 is 0.907 bits per heavy atom. The number of para-hydroxylation sites is 1. The van der Waals surface area contributed by atoms with E-state index < -0.39 is 23.4 Å². The molecule has 5 nitrogen and oxygen atoms in total. The lowest BCUT2D eigenvalue weighted by molar-refractivity contribution is -0.121. The van der Waals surface area contributed by atoms with Gasteiger partial charge in [0.25, 0.3) is 0 Å². The number of carbonyl (C=O) groups excluding carboxylic acids is 3. The zero-order valence-electron chi connectivity index (χ0n) is 24.0. The Morgan fingerprint density at radius 2 is 1.60 bits per heavy atom. The number of nitrogens with one attached hydrogen (secondary N) is 1. The molecule has 0 aliphatic carbocycles. The van der Waals surface area contributed by atoms with Gasteiger partial charge in [-0.1, -0.05) is 91.2 Å². The van der Waals surface area contributed by atoms with Crippen LogP contribution in [0, 0.1) is 12.8 Å². The summed E-state index contributed by atoms with van der Waals surface area (Å²) in [5, 5.41) is 3.60. The molecule has 0 radical (unpaired) electrons. The predicted octanol–water partition coefficient (Wildman–Crippen LogP) is 7.46. The molecule has 0 aromatic heterocycles. The van der Waals surface area contributed by atoms with Gasteiger partial charge >= 0.3 is 0 Å². The van der Waals surface area contributed by atoms with Crippen LogP contribution in [0.3, 0.4) is 0 Å². The number of ketones is 2. The standard InChI is InChI=1S/C37H31ClN2O3/c1-3-6-23-10-12-24(13-11-23)34(41)32-33(35(42)25-14-17-27(38)18-15-25)40-30-19-9-22(2)21-26(30)16-20-31(40)37(32)28-7-4-5-8-29(28)39-36(37)43/h4-5,7-21,31-33H,3,6H2,1-2H3,(H,39,43)/t31-,32-,33+,37+/m1/s1. The predicted molar refractivity (Wildman–Crippen MR) is 171 cm³/mol. The zero-order chi connectivity index (χ0) is 29.9. The quantitative estimate of drug-likeness (QED) is 0.238. The van der Waals surface area contributed by atoms with Crippen molar-refractivity contribution in [2.45, 2.75) is 44.2 Å². The van der Waals surface area contributed by atoms with Gasteiger partial charge in [-0.05, 0) is 72.5 Å². The summed E-state index contributed by atoms with van der Waals surface area (Å²) in [5.41, 5.74) is 5.01. The molecule has 0 bridgehead atoms.